The average molecular weight is 776 g/mol. The van der Waals surface area contributed by atoms with Crippen LogP contribution >= 0.6 is 0 Å². The number of ketones is 3. The van der Waals surface area contributed by atoms with E-state index in [9.17, 15) is 28.8 Å². The van der Waals surface area contributed by atoms with Crippen LogP contribution in [0.4, 0.5) is 28.4 Å². The molecule has 0 spiro atoms. The molecule has 2 aliphatic heterocycles. The van der Waals surface area contributed by atoms with Gasteiger partial charge in [-0.1, -0.05) is 103 Å². The van der Waals surface area contributed by atoms with Crippen molar-refractivity contribution >= 4 is 63.5 Å². The Hall–Kier alpha value is -6.50. The van der Waals surface area contributed by atoms with Crippen molar-refractivity contribution in [3.63, 3.8) is 0 Å². The molecule has 2 aliphatic rings. The number of fused-ring (bicyclic) bond motifs is 2. The maximum absolute atomic E-state index is 12.5. The van der Waals surface area contributed by atoms with Gasteiger partial charge >= 0.3 is 0 Å². The zero-order valence-electron chi connectivity index (χ0n) is 34.0. The summed E-state index contributed by atoms with van der Waals surface area (Å²) in [7, 11) is 0. The molecule has 0 fully saturated rings. The van der Waals surface area contributed by atoms with Crippen LogP contribution in [0, 0.1) is 0 Å². The van der Waals surface area contributed by atoms with Crippen LogP contribution in [0.2, 0.25) is 0 Å². The molecule has 13 nitrogen and oxygen atoms in total. The Labute approximate surface area is 334 Å². The van der Waals surface area contributed by atoms with Crippen molar-refractivity contribution in [1.29, 1.82) is 0 Å². The van der Waals surface area contributed by atoms with E-state index in [1.165, 1.54) is 20.3 Å². The highest BCUT2D eigenvalue weighted by Crippen LogP contribution is 2.27. The van der Waals surface area contributed by atoms with Crippen LogP contribution in [-0.2, 0) is 48.0 Å². The molecule has 0 bridgehead atoms. The van der Waals surface area contributed by atoms with Gasteiger partial charge in [0.2, 0.25) is 17.9 Å². The fourth-order valence-corrected chi connectivity index (χ4v) is 5.12. The van der Waals surface area contributed by atoms with E-state index in [-0.39, 0.29) is 29.8 Å². The number of anilines is 3. The fraction of sp³-hybridized carbons (Fsp3) is 0.318. The fourth-order valence-electron chi connectivity index (χ4n) is 5.12. The number of Topliss-reactive ketones (excluding diaryl/α,β-unsaturated/α-hetero) is 3. The Balaban J connectivity index is 0.000000340. The first kappa shape index (κ1) is 46.7. The van der Waals surface area contributed by atoms with Gasteiger partial charge in [-0.3, -0.25) is 28.8 Å². The lowest BCUT2D eigenvalue weighted by atomic mass is 9.99. The molecule has 2 unspecified atom stereocenters. The summed E-state index contributed by atoms with van der Waals surface area (Å²) in [4.78, 5) is 71.2. The van der Waals surface area contributed by atoms with Crippen LogP contribution in [0.1, 0.15) is 78.5 Å². The summed E-state index contributed by atoms with van der Waals surface area (Å²) in [5.74, 6) is -1.79. The van der Waals surface area contributed by atoms with E-state index >= 15 is 0 Å². The van der Waals surface area contributed by atoms with Gasteiger partial charge in [-0.2, -0.15) is 20.5 Å². The Bertz CT molecular complexity index is 1890. The molecule has 4 aromatic carbocycles. The summed E-state index contributed by atoms with van der Waals surface area (Å²) in [6.45, 7) is 14.9. The number of carbonyl (C=O) groups is 6. The van der Waals surface area contributed by atoms with E-state index in [0.717, 1.165) is 22.4 Å². The molecular formula is C44H53N7O6. The summed E-state index contributed by atoms with van der Waals surface area (Å²) in [5.41, 5.74) is 5.54. The van der Waals surface area contributed by atoms with E-state index in [2.05, 4.69) is 50.3 Å². The minimum absolute atomic E-state index is 0.0586. The van der Waals surface area contributed by atoms with Gasteiger partial charge in [-0.05, 0) is 73.0 Å². The number of hydrogen-bond donors (Lipinski definition) is 3. The highest BCUT2D eigenvalue weighted by molar-refractivity contribution is 6.10. The Morgan fingerprint density at radius 3 is 1.65 bits per heavy atom. The van der Waals surface area contributed by atoms with Gasteiger partial charge in [-0.25, -0.2) is 0 Å². The van der Waals surface area contributed by atoms with Crippen LogP contribution < -0.4 is 16.0 Å². The third-order valence-corrected chi connectivity index (χ3v) is 7.59. The molecule has 3 N–H and O–H groups in total. The van der Waals surface area contributed by atoms with E-state index in [1.807, 2.05) is 45.9 Å². The molecule has 300 valence electrons. The van der Waals surface area contributed by atoms with Crippen molar-refractivity contribution in [1.82, 2.24) is 0 Å². The molecule has 2 heterocycles. The largest absolute Gasteiger partial charge is 0.326 e. The summed E-state index contributed by atoms with van der Waals surface area (Å²) in [5, 5.41) is 23.8. The molecule has 0 aromatic heterocycles. The standard InChI is InChI=1S/C19H17N3O3.C18H16N4O3.C3H8.2C2H6/c1-12(23)19(22-21-15-5-3-2-4-6-15)17(24)10-13-7-8-16-14(9-13)11-18(25)20-16;1-11(23)17(22-21-13-5-3-2-4-6-13)18(25)19-14-8-7-12-9-16(24)20-15(12)10-14;1-3-2;2*1-2/h2-9,19H,10-11H2,1H3,(H,20,25);2-8,10,17H,9H2,1H3,(H,19,25)(H,20,24);3H2,1-2H3;2*1-2H3. The number of nitrogens with one attached hydrogen (secondary N) is 3. The molecule has 13 heteroatoms. The van der Waals surface area contributed by atoms with Gasteiger partial charge < -0.3 is 16.0 Å². The summed E-state index contributed by atoms with van der Waals surface area (Å²) < 4.78 is 0. The van der Waals surface area contributed by atoms with E-state index in [4.69, 9.17) is 0 Å². The summed E-state index contributed by atoms with van der Waals surface area (Å²) in [6.07, 6.45) is 1.95. The number of azo groups is 2. The smallest absolute Gasteiger partial charge is 0.258 e. The third kappa shape index (κ3) is 15.3. The average Bonchev–Trinajstić information content (AvgIpc) is 3.77. The maximum Gasteiger partial charge on any atom is 0.258 e. The van der Waals surface area contributed by atoms with Crippen LogP contribution in [-0.4, -0.2) is 47.2 Å². The minimum Gasteiger partial charge on any atom is -0.326 e. The predicted molar refractivity (Wildman–Crippen MR) is 224 cm³/mol. The van der Waals surface area contributed by atoms with Crippen molar-refractivity contribution in [2.24, 2.45) is 20.5 Å². The summed E-state index contributed by atoms with van der Waals surface area (Å²) >= 11 is 0. The minimum atomic E-state index is -1.23. The van der Waals surface area contributed by atoms with Gasteiger partial charge in [0.25, 0.3) is 5.91 Å². The molecule has 0 saturated heterocycles. The van der Waals surface area contributed by atoms with E-state index in [1.54, 1.807) is 78.9 Å². The highest BCUT2D eigenvalue weighted by atomic mass is 16.2. The zero-order chi connectivity index (χ0) is 42.3. The maximum atomic E-state index is 12.5. The Morgan fingerprint density at radius 2 is 1.12 bits per heavy atom. The number of hydrogen-bond acceptors (Lipinski definition) is 10. The Kier molecular flexibility index (Phi) is 20.3. The SMILES string of the molecule is CC.CC.CC(=O)C(N=Nc1ccccc1)C(=O)Cc1ccc2c(c1)CC(=O)N2.CC(=O)C(N=Nc1ccccc1)C(=O)Nc1ccc2c(c1)NC(=O)C2.CCC. The first-order valence-corrected chi connectivity index (χ1v) is 19.1. The second-order valence-corrected chi connectivity index (χ2v) is 12.3. The molecule has 0 radical (unpaired) electrons. The molecule has 6 rings (SSSR count). The lowest BCUT2D eigenvalue weighted by Gasteiger charge is -2.10. The van der Waals surface area contributed by atoms with Gasteiger partial charge in [0.15, 0.2) is 23.4 Å². The second kappa shape index (κ2) is 24.8. The molecule has 57 heavy (non-hydrogen) atoms. The predicted octanol–water partition coefficient (Wildman–Crippen LogP) is 9.36. The second-order valence-electron chi connectivity index (χ2n) is 12.3. The summed E-state index contributed by atoms with van der Waals surface area (Å²) in [6, 6.07) is 25.9. The number of benzene rings is 4. The van der Waals surface area contributed by atoms with Crippen LogP contribution in [0.3, 0.4) is 0 Å². The van der Waals surface area contributed by atoms with Gasteiger partial charge in [0.1, 0.15) is 0 Å². The normalized spacial score (nSPS) is 12.9. The van der Waals surface area contributed by atoms with Gasteiger partial charge in [0.05, 0.1) is 24.2 Å². The number of nitrogens with zero attached hydrogens (tertiary/aromatic N) is 4. The monoisotopic (exact) mass is 775 g/mol. The topological polar surface area (TPSA) is 188 Å². The van der Waals surface area contributed by atoms with Gasteiger partial charge in [-0.15, -0.1) is 0 Å². The van der Waals surface area contributed by atoms with Crippen molar-refractivity contribution in [2.75, 3.05) is 16.0 Å². The van der Waals surface area contributed by atoms with Crippen molar-refractivity contribution in [3.8, 4) is 0 Å². The molecule has 4 aromatic rings. The quantitative estimate of drug-likeness (QED) is 0.101. The zero-order valence-corrected chi connectivity index (χ0v) is 34.0. The van der Waals surface area contributed by atoms with E-state index < -0.39 is 23.8 Å². The van der Waals surface area contributed by atoms with Crippen LogP contribution in [0.15, 0.2) is 118 Å². The molecule has 2 atom stereocenters. The Morgan fingerprint density at radius 1 is 0.632 bits per heavy atom. The number of carbonyl (C=O) groups excluding carboxylic acids is 6. The first-order chi connectivity index (χ1) is 27.5. The van der Waals surface area contributed by atoms with Crippen molar-refractivity contribution in [2.45, 2.75) is 93.2 Å². The lowest BCUT2D eigenvalue weighted by Crippen LogP contribution is -2.31. The highest BCUT2D eigenvalue weighted by Gasteiger charge is 2.26. The molecular weight excluding hydrogens is 723 g/mol. The van der Waals surface area contributed by atoms with Crippen LogP contribution in [0.5, 0.6) is 0 Å². The van der Waals surface area contributed by atoms with Crippen molar-refractivity contribution in [3.05, 3.63) is 114 Å². The molecule has 3 amide bonds. The first-order valence-electron chi connectivity index (χ1n) is 19.1. The third-order valence-electron chi connectivity index (χ3n) is 7.59. The van der Waals surface area contributed by atoms with Crippen LogP contribution in [0.25, 0.3) is 0 Å². The van der Waals surface area contributed by atoms with E-state index in [0.29, 0.717) is 35.6 Å². The number of amides is 3. The molecule has 0 aliphatic carbocycles. The lowest BCUT2D eigenvalue weighted by molar-refractivity contribution is -0.128. The van der Waals surface area contributed by atoms with Gasteiger partial charge in [0, 0.05) is 23.5 Å². The van der Waals surface area contributed by atoms with Crippen molar-refractivity contribution < 1.29 is 28.8 Å². The molecule has 0 saturated carbocycles. The number of rotatable bonds is 11.